The lowest BCUT2D eigenvalue weighted by atomic mass is 10.0. The molecule has 9 N–H and O–H groups in total. The summed E-state index contributed by atoms with van der Waals surface area (Å²) in [6, 6.07) is 27.5. The molecular weight excluding hydrogens is 1740 g/mol. The molecule has 6 amide bonds. The van der Waals surface area contributed by atoms with Crippen LogP contribution in [0.25, 0.3) is 96.3 Å². The van der Waals surface area contributed by atoms with Gasteiger partial charge in [0.1, 0.15) is 62.8 Å². The Morgan fingerprint density at radius 1 is 0.435 bits per heavy atom. The van der Waals surface area contributed by atoms with Gasteiger partial charge in [-0.25, -0.2) is 37.9 Å². The fraction of sp³-hybridized carbons (Fsp3) is 0.156. The molecule has 0 atom stereocenters. The van der Waals surface area contributed by atoms with E-state index in [9.17, 15) is 101 Å². The first-order chi connectivity index (χ1) is 58.3. The highest BCUT2D eigenvalue weighted by Gasteiger charge is 2.46. The fourth-order valence-corrected chi connectivity index (χ4v) is 12.1. The van der Waals surface area contributed by atoms with Gasteiger partial charge in [0, 0.05) is 58.6 Å². The summed E-state index contributed by atoms with van der Waals surface area (Å²) in [6.07, 6.45) is -12.5. The number of alkyl halides is 9. The topological polar surface area (TPSA) is 443 Å². The van der Waals surface area contributed by atoms with Crippen molar-refractivity contribution < 1.29 is 119 Å². The monoisotopic (exact) mass is 1790 g/mol. The molecule has 0 unspecified atom stereocenters. The highest BCUT2D eigenvalue weighted by Crippen LogP contribution is 2.49. The summed E-state index contributed by atoms with van der Waals surface area (Å²) in [6.45, 7) is 10.4. The summed E-state index contributed by atoms with van der Waals surface area (Å²) in [5.74, 6) is -5.43. The van der Waals surface area contributed by atoms with Crippen molar-refractivity contribution in [3.8, 4) is 96.3 Å². The molecule has 0 spiro atoms. The third kappa shape index (κ3) is 22.3. The number of hydrazine groups is 2. The van der Waals surface area contributed by atoms with Crippen LogP contribution in [0.1, 0.15) is 98.6 Å². The van der Waals surface area contributed by atoms with Crippen molar-refractivity contribution in [2.45, 2.75) is 80.3 Å². The van der Waals surface area contributed by atoms with Crippen LogP contribution in [0.5, 0.6) is 0 Å². The van der Waals surface area contributed by atoms with Gasteiger partial charge in [-0.05, 0) is 105 Å². The average Bonchev–Trinajstić information content (AvgIpc) is 1.60. The minimum atomic E-state index is -5.05. The van der Waals surface area contributed by atoms with Crippen LogP contribution < -0.4 is 38.1 Å². The molecule has 32 nitrogen and oxygen atoms in total. The maximum absolute atomic E-state index is 14.8. The van der Waals surface area contributed by atoms with Gasteiger partial charge in [0.05, 0.1) is 90.5 Å². The molecule has 0 aliphatic carbocycles. The van der Waals surface area contributed by atoms with Crippen molar-refractivity contribution in [2.75, 3.05) is 16.0 Å². The van der Waals surface area contributed by atoms with E-state index in [1.807, 2.05) is 16.3 Å². The highest BCUT2D eigenvalue weighted by atomic mass is 35.5. The van der Waals surface area contributed by atoms with E-state index in [-0.39, 0.29) is 102 Å². The molecule has 0 saturated heterocycles. The summed E-state index contributed by atoms with van der Waals surface area (Å²) in [5, 5.41) is 46.9. The van der Waals surface area contributed by atoms with E-state index in [1.165, 1.54) is 158 Å². The normalized spacial score (nSPS) is 11.1. The zero-order valence-corrected chi connectivity index (χ0v) is 66.8. The number of carboxylic acids is 1. The number of aromatic nitrogens is 11. The second-order valence-corrected chi connectivity index (χ2v) is 26.7. The van der Waals surface area contributed by atoms with Crippen LogP contribution in [-0.2, 0) is 52.1 Å². The molecule has 47 heteroatoms. The smallest absolute Gasteiger partial charge is 0.434 e. The Labute approximate surface area is 702 Å². The molecule has 6 aromatic carbocycles. The maximum Gasteiger partial charge on any atom is 0.434 e. The van der Waals surface area contributed by atoms with Crippen LogP contribution in [0.4, 0.5) is 69.7 Å². The molecule has 13 rings (SSSR count). The van der Waals surface area contributed by atoms with Crippen LogP contribution in [0.2, 0.25) is 15.1 Å². The molecule has 124 heavy (non-hydrogen) atoms. The minimum Gasteiger partial charge on any atom is -0.477 e. The molecule has 0 fully saturated rings. The van der Waals surface area contributed by atoms with Crippen molar-refractivity contribution in [3.05, 3.63) is 213 Å². The Hall–Kier alpha value is -14.7. The number of Topliss-reactive ketones (excluding diaryl/α,β-unsaturated/α-hetero) is 2. The van der Waals surface area contributed by atoms with Crippen molar-refractivity contribution in [1.82, 2.24) is 71.3 Å². The number of nitrogens with zero attached hydrogens (tertiary/aromatic N) is 11. The van der Waals surface area contributed by atoms with E-state index in [0.717, 1.165) is 43.7 Å². The number of halogens is 15. The lowest BCUT2D eigenvalue weighted by Crippen LogP contribution is -2.40. The van der Waals surface area contributed by atoms with Gasteiger partial charge in [-0.3, -0.25) is 54.6 Å². The van der Waals surface area contributed by atoms with Gasteiger partial charge in [-0.2, -0.15) is 54.8 Å². The second kappa shape index (κ2) is 39.2. The number of nitrogens with one attached hydrogen (secondary N) is 6. The molecule has 7 aromatic heterocycles. The fourth-order valence-electron chi connectivity index (χ4n) is 11.4. The number of carbonyl (C=O) groups is 9. The second-order valence-electron chi connectivity index (χ2n) is 25.5. The zero-order chi connectivity index (χ0) is 91.3. The summed E-state index contributed by atoms with van der Waals surface area (Å²) in [4.78, 5) is 100. The number of nitrogens with two attached hydrogens (primary N) is 1. The van der Waals surface area contributed by atoms with Gasteiger partial charge in [-0.1, -0.05) is 86.7 Å². The molecule has 646 valence electrons. The largest absolute Gasteiger partial charge is 0.477 e. The average molecular weight is 1790 g/mol. The number of ketones is 2. The summed E-state index contributed by atoms with van der Waals surface area (Å²) >= 11 is 18.3. The number of hydrogen-bond donors (Lipinski definition) is 8. The summed E-state index contributed by atoms with van der Waals surface area (Å²) in [5.41, 5.74) is -3.59. The number of aryl methyl sites for hydroxylation is 1. The maximum atomic E-state index is 14.8. The molecule has 0 radical (unpaired) electrons. The number of amides is 6. The van der Waals surface area contributed by atoms with E-state index >= 15 is 0 Å². The quantitative estimate of drug-likeness (QED) is 0.0138. The van der Waals surface area contributed by atoms with Crippen LogP contribution in [0, 0.1) is 24.4 Å². The van der Waals surface area contributed by atoms with E-state index in [1.54, 1.807) is 0 Å². The first-order valence-corrected chi connectivity index (χ1v) is 35.9. The number of benzene rings is 6. The Morgan fingerprint density at radius 3 is 1.07 bits per heavy atom. The van der Waals surface area contributed by atoms with Gasteiger partial charge in [0.25, 0.3) is 11.8 Å². The third-order valence-corrected chi connectivity index (χ3v) is 16.9. The molecule has 7 heterocycles. The zero-order valence-electron chi connectivity index (χ0n) is 64.5. The van der Waals surface area contributed by atoms with Crippen molar-refractivity contribution in [1.29, 1.82) is 0 Å². The van der Waals surface area contributed by atoms with E-state index in [4.69, 9.17) is 52.8 Å². The Morgan fingerprint density at radius 2 is 0.766 bits per heavy atom. The van der Waals surface area contributed by atoms with Crippen molar-refractivity contribution >= 4 is 105 Å². The van der Waals surface area contributed by atoms with Gasteiger partial charge in [0.2, 0.25) is 35.4 Å². The van der Waals surface area contributed by atoms with E-state index in [0.29, 0.717) is 14.0 Å². The number of aromatic carboxylic acids is 1. The van der Waals surface area contributed by atoms with Crippen LogP contribution in [-0.4, -0.2) is 113 Å². The Bertz CT molecular complexity index is 6180. The predicted molar refractivity (Wildman–Crippen MR) is 417 cm³/mol. The SMILES string of the molecule is CC(=O)CC(C)=O.CC(=O)NN.CC(=O)NNC(=O)c1c(-c2c(F)cccc2Cl)noc1-c1cnn(-c2cccc(NC(C)=O)c2)c1C(F)(F)F.CC(=O)Nc1cccc(-n2ncc(-c3onc(-c4c(F)cccc4Cl)c3-c3nnc(C)o3)c2C(F)(F)F)c1.CC(=O)Nc1cccc(-n2ncc(-c3onc(-c4c(F)cccc4Cl)c3C(=O)O)c2C(F)(F)F)c1. The molecule has 0 aliphatic heterocycles. The minimum absolute atomic E-state index is 0.00176. The summed E-state index contributed by atoms with van der Waals surface area (Å²) in [7, 11) is 0. The van der Waals surface area contributed by atoms with Gasteiger partial charge in [0.15, 0.2) is 34.4 Å². The first-order valence-electron chi connectivity index (χ1n) is 34.8. The van der Waals surface area contributed by atoms with E-state index < -0.39 is 156 Å². The summed E-state index contributed by atoms with van der Waals surface area (Å²) < 4.78 is 196. The van der Waals surface area contributed by atoms with Gasteiger partial charge >= 0.3 is 24.5 Å². The van der Waals surface area contributed by atoms with Gasteiger partial charge in [-0.15, -0.1) is 10.2 Å². The first kappa shape index (κ1) is 93.2. The van der Waals surface area contributed by atoms with Gasteiger partial charge < -0.3 is 39.0 Å². The molecule has 13 aromatic rings. The van der Waals surface area contributed by atoms with E-state index in [2.05, 4.69) is 62.8 Å². The van der Waals surface area contributed by atoms with Crippen molar-refractivity contribution in [3.63, 3.8) is 0 Å². The van der Waals surface area contributed by atoms with Crippen LogP contribution in [0.3, 0.4) is 0 Å². The molecule has 0 bridgehead atoms. The number of anilines is 3. The third-order valence-electron chi connectivity index (χ3n) is 16.0. The number of rotatable bonds is 17. The highest BCUT2D eigenvalue weighted by molar-refractivity contribution is 6.34. The van der Waals surface area contributed by atoms with Crippen LogP contribution >= 0.6 is 34.8 Å². The standard InChI is InChI=1S/C24H17ClF4N6O4.C24H15ClF4N6O3.C22H13ClF4N4O4.C5H8O2.C2H6N2O/c1-11(36)31-13-5-3-6-14(9-13)35-22(24(27,28)29)15(10-30-35)21-19(23(38)33-32-12(2)37)20(34-39-21)18-16(25)7-4-8-17(18)26;1-11(36)31-13-5-3-6-14(9-13)35-22(24(27,28)29)15(10-30-35)21-19(23-33-32-12(2)37-23)20(34-38-21)18-16(25)7-4-8-17(18)26;1-10(32)29-11-4-2-5-12(8-11)31-20(22(25,26)27)13(9-28-31)19-17(21(33)34)18(30-35-19)16-14(23)6-3-7-15(16)24;1-4(6)3-5(2)7;1-2(5)4-3/h3-10H,1-2H3,(H,31,36)(H,32,37)(H,33,38);3-10H,1-2H3,(H,31,36);2-9H,1H3,(H,29,32)(H,33,34);3H2,1-2H3;3H2,1H3,(H,4,5). The number of carbonyl (C=O) groups excluding carboxylic acids is 8. The predicted octanol–water partition coefficient (Wildman–Crippen LogP) is 16.3. The molecule has 0 aliphatic rings. The lowest BCUT2D eigenvalue weighted by molar-refractivity contribution is -0.143. The van der Waals surface area contributed by atoms with Crippen molar-refractivity contribution in [2.24, 2.45) is 5.84 Å². The number of carboxylic acid groups (broad SMARTS) is 1. The molecule has 0 saturated carbocycles. The Balaban J connectivity index is 0.000000197. The lowest BCUT2D eigenvalue weighted by Gasteiger charge is -2.13. The Kier molecular flexibility index (Phi) is 29.5. The van der Waals surface area contributed by atoms with Crippen LogP contribution in [0.15, 0.2) is 164 Å². The number of hydrogen-bond acceptors (Lipinski definition) is 22. The molecular formula is C77H59Cl3F12N18O14.